The summed E-state index contributed by atoms with van der Waals surface area (Å²) in [6, 6.07) is 6.34. The molecular formula is C12H12N4O3. The Morgan fingerprint density at radius 2 is 2.11 bits per heavy atom. The van der Waals surface area contributed by atoms with E-state index in [0.29, 0.717) is 5.69 Å². The van der Waals surface area contributed by atoms with Crippen molar-refractivity contribution in [1.82, 2.24) is 14.8 Å². The summed E-state index contributed by atoms with van der Waals surface area (Å²) in [7, 11) is 1.53. The monoisotopic (exact) mass is 260 g/mol. The minimum atomic E-state index is -1.07. The Morgan fingerprint density at radius 3 is 2.74 bits per heavy atom. The van der Waals surface area contributed by atoms with Crippen LogP contribution in [-0.2, 0) is 11.3 Å². The molecule has 7 heteroatoms. The van der Waals surface area contributed by atoms with Gasteiger partial charge in [0, 0.05) is 7.05 Å². The van der Waals surface area contributed by atoms with Gasteiger partial charge in [-0.15, -0.1) is 0 Å². The first-order valence-electron chi connectivity index (χ1n) is 5.51. The van der Waals surface area contributed by atoms with Gasteiger partial charge >= 0.3 is 5.97 Å². The van der Waals surface area contributed by atoms with E-state index in [2.05, 4.69) is 10.1 Å². The highest BCUT2D eigenvalue weighted by Gasteiger charge is 2.18. The molecule has 0 bridgehead atoms. The van der Waals surface area contributed by atoms with E-state index in [1.54, 1.807) is 18.2 Å². The molecule has 2 aromatic rings. The van der Waals surface area contributed by atoms with Crippen molar-refractivity contribution in [2.24, 2.45) is 0 Å². The fourth-order valence-corrected chi connectivity index (χ4v) is 1.64. The molecule has 0 radical (unpaired) electrons. The molecule has 0 saturated heterocycles. The molecule has 1 amide bonds. The number of aromatic nitrogens is 3. The second kappa shape index (κ2) is 5.30. The van der Waals surface area contributed by atoms with Crippen LogP contribution in [0.3, 0.4) is 0 Å². The Morgan fingerprint density at radius 1 is 1.37 bits per heavy atom. The summed E-state index contributed by atoms with van der Waals surface area (Å²) in [6.45, 7) is 0.00442. The summed E-state index contributed by atoms with van der Waals surface area (Å²) < 4.78 is 1.38. The lowest BCUT2D eigenvalue weighted by atomic mass is 10.1. The van der Waals surface area contributed by atoms with Crippen LogP contribution in [0.15, 0.2) is 36.9 Å². The van der Waals surface area contributed by atoms with Crippen LogP contribution < -0.4 is 4.90 Å². The van der Waals surface area contributed by atoms with Gasteiger partial charge in [-0.1, -0.05) is 12.1 Å². The van der Waals surface area contributed by atoms with E-state index in [1.807, 2.05) is 0 Å². The highest BCUT2D eigenvalue weighted by atomic mass is 16.4. The quantitative estimate of drug-likeness (QED) is 0.871. The number of likely N-dealkylation sites (N-methyl/N-ethyl adjacent to an activating group) is 1. The summed E-state index contributed by atoms with van der Waals surface area (Å²) in [5.74, 6) is -1.35. The van der Waals surface area contributed by atoms with E-state index < -0.39 is 5.97 Å². The lowest BCUT2D eigenvalue weighted by molar-refractivity contribution is -0.119. The normalized spacial score (nSPS) is 10.2. The molecule has 1 N–H and O–H groups in total. The van der Waals surface area contributed by atoms with E-state index in [1.165, 1.54) is 35.4 Å². The molecule has 0 aliphatic heterocycles. The van der Waals surface area contributed by atoms with Crippen molar-refractivity contribution in [2.45, 2.75) is 6.54 Å². The van der Waals surface area contributed by atoms with Crippen molar-refractivity contribution in [3.8, 4) is 0 Å². The largest absolute Gasteiger partial charge is 0.478 e. The molecule has 7 nitrogen and oxygen atoms in total. The summed E-state index contributed by atoms with van der Waals surface area (Å²) in [6.07, 6.45) is 2.76. The van der Waals surface area contributed by atoms with Crippen LogP contribution in [0, 0.1) is 0 Å². The number of hydrogen-bond donors (Lipinski definition) is 1. The molecule has 0 aliphatic carbocycles. The van der Waals surface area contributed by atoms with Crippen LogP contribution in [0.2, 0.25) is 0 Å². The minimum absolute atomic E-state index is 0.00442. The Kier molecular flexibility index (Phi) is 3.56. The molecule has 0 fully saturated rings. The number of para-hydroxylation sites is 1. The van der Waals surface area contributed by atoms with Crippen molar-refractivity contribution < 1.29 is 14.7 Å². The first-order chi connectivity index (χ1) is 9.09. The number of amides is 1. The zero-order chi connectivity index (χ0) is 13.8. The Bertz CT molecular complexity index is 595. The van der Waals surface area contributed by atoms with E-state index >= 15 is 0 Å². The third kappa shape index (κ3) is 2.76. The van der Waals surface area contributed by atoms with Gasteiger partial charge in [0.05, 0.1) is 11.3 Å². The number of aromatic carboxylic acids is 1. The Labute approximate surface area is 109 Å². The molecule has 0 atom stereocenters. The number of rotatable bonds is 4. The molecule has 98 valence electrons. The number of anilines is 1. The van der Waals surface area contributed by atoms with Gasteiger partial charge in [0.2, 0.25) is 5.91 Å². The molecule has 1 aromatic carbocycles. The van der Waals surface area contributed by atoms with Crippen LogP contribution in [0.1, 0.15) is 10.4 Å². The smallest absolute Gasteiger partial charge is 0.337 e. The lowest BCUT2D eigenvalue weighted by Gasteiger charge is -2.19. The predicted molar refractivity (Wildman–Crippen MR) is 66.8 cm³/mol. The summed E-state index contributed by atoms with van der Waals surface area (Å²) in [5, 5.41) is 12.9. The second-order valence-electron chi connectivity index (χ2n) is 3.87. The maximum atomic E-state index is 12.0. The van der Waals surface area contributed by atoms with Crippen molar-refractivity contribution >= 4 is 17.6 Å². The van der Waals surface area contributed by atoms with Crippen molar-refractivity contribution in [3.05, 3.63) is 42.5 Å². The van der Waals surface area contributed by atoms with Gasteiger partial charge in [-0.25, -0.2) is 14.5 Å². The molecule has 0 saturated carbocycles. The molecule has 2 rings (SSSR count). The van der Waals surface area contributed by atoms with E-state index in [0.717, 1.165) is 0 Å². The van der Waals surface area contributed by atoms with Crippen LogP contribution in [0.4, 0.5) is 5.69 Å². The lowest BCUT2D eigenvalue weighted by Crippen LogP contribution is -2.31. The zero-order valence-electron chi connectivity index (χ0n) is 10.2. The first kappa shape index (κ1) is 12.7. The van der Waals surface area contributed by atoms with Gasteiger partial charge < -0.3 is 10.0 Å². The fourth-order valence-electron chi connectivity index (χ4n) is 1.64. The minimum Gasteiger partial charge on any atom is -0.478 e. The SMILES string of the molecule is CN(C(=O)Cn1cncn1)c1ccccc1C(=O)O. The number of carboxylic acids is 1. The van der Waals surface area contributed by atoms with E-state index in [-0.39, 0.29) is 18.0 Å². The van der Waals surface area contributed by atoms with Gasteiger partial charge in [-0.05, 0) is 12.1 Å². The molecule has 1 heterocycles. The fraction of sp³-hybridized carbons (Fsp3) is 0.167. The average molecular weight is 260 g/mol. The van der Waals surface area contributed by atoms with Crippen LogP contribution in [-0.4, -0.2) is 38.8 Å². The summed E-state index contributed by atoms with van der Waals surface area (Å²) >= 11 is 0. The number of benzene rings is 1. The number of carbonyl (C=O) groups excluding carboxylic acids is 1. The average Bonchev–Trinajstić information content (AvgIpc) is 2.90. The number of nitrogens with zero attached hydrogens (tertiary/aromatic N) is 4. The van der Waals surface area contributed by atoms with Crippen LogP contribution in [0.25, 0.3) is 0 Å². The van der Waals surface area contributed by atoms with Gasteiger partial charge in [-0.2, -0.15) is 5.10 Å². The summed E-state index contributed by atoms with van der Waals surface area (Å²) in [4.78, 5) is 28.2. The van der Waals surface area contributed by atoms with Gasteiger partial charge in [-0.3, -0.25) is 4.79 Å². The topological polar surface area (TPSA) is 88.3 Å². The van der Waals surface area contributed by atoms with Crippen LogP contribution >= 0.6 is 0 Å². The first-order valence-corrected chi connectivity index (χ1v) is 5.51. The molecule has 0 aliphatic rings. The summed E-state index contributed by atoms with van der Waals surface area (Å²) in [5.41, 5.74) is 0.428. The highest BCUT2D eigenvalue weighted by Crippen LogP contribution is 2.19. The van der Waals surface area contributed by atoms with Gasteiger partial charge in [0.25, 0.3) is 0 Å². The standard InChI is InChI=1S/C12H12N4O3/c1-15(11(17)6-16-8-13-7-14-16)10-5-3-2-4-9(10)12(18)19/h2-5,7-8H,6H2,1H3,(H,18,19). The third-order valence-corrected chi connectivity index (χ3v) is 2.63. The maximum Gasteiger partial charge on any atom is 0.337 e. The second-order valence-corrected chi connectivity index (χ2v) is 3.87. The molecule has 19 heavy (non-hydrogen) atoms. The third-order valence-electron chi connectivity index (χ3n) is 2.63. The van der Waals surface area contributed by atoms with E-state index in [4.69, 9.17) is 5.11 Å². The Hall–Kier alpha value is -2.70. The zero-order valence-corrected chi connectivity index (χ0v) is 10.2. The highest BCUT2D eigenvalue weighted by molar-refractivity contribution is 6.01. The van der Waals surface area contributed by atoms with Crippen LogP contribution in [0.5, 0.6) is 0 Å². The van der Waals surface area contributed by atoms with Gasteiger partial charge in [0.15, 0.2) is 0 Å². The van der Waals surface area contributed by atoms with Gasteiger partial charge in [0.1, 0.15) is 19.2 Å². The van der Waals surface area contributed by atoms with E-state index in [9.17, 15) is 9.59 Å². The molecule has 0 spiro atoms. The Balaban J connectivity index is 2.22. The molecule has 1 aromatic heterocycles. The maximum absolute atomic E-state index is 12.0. The molecule has 0 unspecified atom stereocenters. The molecular weight excluding hydrogens is 248 g/mol. The number of carboxylic acid groups (broad SMARTS) is 1. The van der Waals surface area contributed by atoms with Crippen molar-refractivity contribution in [3.63, 3.8) is 0 Å². The van der Waals surface area contributed by atoms with Crippen molar-refractivity contribution in [2.75, 3.05) is 11.9 Å². The predicted octanol–water partition coefficient (Wildman–Crippen LogP) is 0.639. The number of hydrogen-bond acceptors (Lipinski definition) is 4. The number of carbonyl (C=O) groups is 2. The van der Waals surface area contributed by atoms with Crippen molar-refractivity contribution in [1.29, 1.82) is 0 Å².